The predicted molar refractivity (Wildman–Crippen MR) is 99.9 cm³/mol. The number of alkyl halides is 3. The van der Waals surface area contributed by atoms with Gasteiger partial charge in [-0.3, -0.25) is 4.79 Å². The van der Waals surface area contributed by atoms with Gasteiger partial charge in [0.2, 0.25) is 0 Å². The molecular weight excluding hydrogens is 383 g/mol. The van der Waals surface area contributed by atoms with Crippen LogP contribution in [0.5, 0.6) is 0 Å². The maximum Gasteiger partial charge on any atom is 0.416 e. The monoisotopic (exact) mass is 401 g/mol. The van der Waals surface area contributed by atoms with E-state index in [4.69, 9.17) is 4.74 Å². The molecule has 1 N–H and O–H groups in total. The predicted octanol–water partition coefficient (Wildman–Crippen LogP) is 4.03. The quantitative estimate of drug-likeness (QED) is 0.718. The van der Waals surface area contributed by atoms with Crippen LogP contribution in [0.2, 0.25) is 0 Å². The largest absolute Gasteiger partial charge is 0.416 e. The Hall–Kier alpha value is -3.13. The first-order chi connectivity index (χ1) is 13.9. The van der Waals surface area contributed by atoms with Gasteiger partial charge in [0, 0.05) is 18.7 Å². The minimum atomic E-state index is -4.38. The van der Waals surface area contributed by atoms with Gasteiger partial charge in [-0.25, -0.2) is 4.98 Å². The van der Waals surface area contributed by atoms with E-state index >= 15 is 0 Å². The number of imidazole rings is 1. The van der Waals surface area contributed by atoms with Crippen LogP contribution < -0.4 is 5.32 Å². The lowest BCUT2D eigenvalue weighted by atomic mass is 10.1. The molecule has 0 atom stereocenters. The molecule has 0 bridgehead atoms. The fourth-order valence-electron chi connectivity index (χ4n) is 3.27. The van der Waals surface area contributed by atoms with Gasteiger partial charge < -0.3 is 14.6 Å². The summed E-state index contributed by atoms with van der Waals surface area (Å²) in [6, 6.07) is 14.3. The van der Waals surface area contributed by atoms with E-state index < -0.39 is 11.7 Å². The van der Waals surface area contributed by atoms with Crippen molar-refractivity contribution in [3.8, 4) is 11.4 Å². The van der Waals surface area contributed by atoms with Gasteiger partial charge in [0.1, 0.15) is 5.82 Å². The maximum atomic E-state index is 12.7. The third-order valence-electron chi connectivity index (χ3n) is 4.75. The average Bonchev–Trinajstić information content (AvgIpc) is 3.12. The van der Waals surface area contributed by atoms with Gasteiger partial charge in [0.05, 0.1) is 24.5 Å². The number of hydrogen-bond acceptors (Lipinski definition) is 3. The highest BCUT2D eigenvalue weighted by atomic mass is 19.4. The van der Waals surface area contributed by atoms with Gasteiger partial charge in [-0.2, -0.15) is 13.2 Å². The van der Waals surface area contributed by atoms with Crippen molar-refractivity contribution < 1.29 is 22.7 Å². The molecule has 5 nitrogen and oxygen atoms in total. The second-order valence-electron chi connectivity index (χ2n) is 6.68. The van der Waals surface area contributed by atoms with Gasteiger partial charge in [-0.15, -0.1) is 0 Å². The van der Waals surface area contributed by atoms with Crippen LogP contribution in [0.1, 0.15) is 27.3 Å². The fourth-order valence-corrected chi connectivity index (χ4v) is 3.27. The lowest BCUT2D eigenvalue weighted by Gasteiger charge is -2.18. The average molecular weight is 401 g/mol. The summed E-state index contributed by atoms with van der Waals surface area (Å²) in [6.45, 7) is 1.52. The normalized spacial score (nSPS) is 13.8. The number of rotatable bonds is 4. The Kier molecular flexibility index (Phi) is 5.10. The molecule has 0 saturated carbocycles. The molecule has 8 heteroatoms. The molecule has 0 radical (unpaired) electrons. The molecule has 1 amide bonds. The van der Waals surface area contributed by atoms with Crippen molar-refractivity contribution in [2.24, 2.45) is 0 Å². The first-order valence-electron chi connectivity index (χ1n) is 9.10. The molecule has 0 fully saturated rings. The number of nitrogens with zero attached hydrogens (tertiary/aromatic N) is 2. The fraction of sp³-hybridized carbons (Fsp3) is 0.238. The summed E-state index contributed by atoms with van der Waals surface area (Å²) in [5.41, 5.74) is 1.72. The van der Waals surface area contributed by atoms with E-state index in [0.29, 0.717) is 30.2 Å². The second-order valence-corrected chi connectivity index (χ2v) is 6.68. The number of fused-ring (bicyclic) bond motifs is 1. The number of halogens is 3. The Morgan fingerprint density at radius 2 is 1.83 bits per heavy atom. The summed E-state index contributed by atoms with van der Waals surface area (Å²) in [4.78, 5) is 17.3. The summed E-state index contributed by atoms with van der Waals surface area (Å²) in [5.74, 6) is 0.310. The zero-order chi connectivity index (χ0) is 20.4. The van der Waals surface area contributed by atoms with E-state index in [0.717, 1.165) is 17.7 Å². The van der Waals surface area contributed by atoms with Gasteiger partial charge in [0.15, 0.2) is 5.69 Å². The van der Waals surface area contributed by atoms with Crippen LogP contribution in [0.25, 0.3) is 11.4 Å². The number of ether oxygens (including phenoxy) is 1. The summed E-state index contributed by atoms with van der Waals surface area (Å²) in [6.07, 6.45) is -4.38. The molecule has 1 aromatic heterocycles. The lowest BCUT2D eigenvalue weighted by Crippen LogP contribution is -2.26. The van der Waals surface area contributed by atoms with E-state index in [2.05, 4.69) is 10.3 Å². The molecule has 1 aliphatic rings. The molecule has 0 aliphatic carbocycles. The smallest absolute Gasteiger partial charge is 0.373 e. The Morgan fingerprint density at radius 1 is 1.10 bits per heavy atom. The van der Waals surface area contributed by atoms with Crippen LogP contribution >= 0.6 is 0 Å². The van der Waals surface area contributed by atoms with Crippen LogP contribution in [-0.2, 0) is 30.6 Å². The van der Waals surface area contributed by atoms with Crippen LogP contribution in [-0.4, -0.2) is 22.1 Å². The van der Waals surface area contributed by atoms with Crippen molar-refractivity contribution in [2.45, 2.75) is 25.9 Å². The van der Waals surface area contributed by atoms with E-state index in [1.807, 2.05) is 34.9 Å². The topological polar surface area (TPSA) is 56.2 Å². The summed E-state index contributed by atoms with van der Waals surface area (Å²) in [7, 11) is 0. The first-order valence-corrected chi connectivity index (χ1v) is 9.10. The second kappa shape index (κ2) is 7.71. The standard InChI is InChI=1S/C21H18F3N3O2/c22-21(23,24)16-8-6-14(7-9-16)12-25-20(28)18-17-13-29-11-10-27(17)19(26-18)15-4-2-1-3-5-15/h1-9H,10-13H2,(H,25,28). The zero-order valence-electron chi connectivity index (χ0n) is 15.4. The minimum absolute atomic E-state index is 0.102. The highest BCUT2D eigenvalue weighted by Gasteiger charge is 2.30. The van der Waals surface area contributed by atoms with Gasteiger partial charge in [0.25, 0.3) is 5.91 Å². The van der Waals surface area contributed by atoms with Gasteiger partial charge >= 0.3 is 6.18 Å². The number of nitrogens with one attached hydrogen (secondary N) is 1. The van der Waals surface area contributed by atoms with E-state index in [9.17, 15) is 18.0 Å². The van der Waals surface area contributed by atoms with Crippen LogP contribution in [0.15, 0.2) is 54.6 Å². The molecular formula is C21H18F3N3O2. The molecule has 1 aliphatic heterocycles. The summed E-state index contributed by atoms with van der Waals surface area (Å²) < 4.78 is 45.5. The highest BCUT2D eigenvalue weighted by molar-refractivity contribution is 5.94. The Balaban J connectivity index is 1.54. The van der Waals surface area contributed by atoms with Crippen LogP contribution in [0.3, 0.4) is 0 Å². The number of carbonyl (C=O) groups is 1. The maximum absolute atomic E-state index is 12.7. The summed E-state index contributed by atoms with van der Waals surface area (Å²) in [5, 5.41) is 2.74. The third-order valence-corrected chi connectivity index (χ3v) is 4.75. The Labute approximate surface area is 165 Å². The highest BCUT2D eigenvalue weighted by Crippen LogP contribution is 2.29. The third kappa shape index (κ3) is 4.02. The molecule has 2 aromatic carbocycles. The number of amides is 1. The molecule has 0 unspecified atom stereocenters. The minimum Gasteiger partial charge on any atom is -0.373 e. The van der Waals surface area contributed by atoms with Crippen LogP contribution in [0.4, 0.5) is 13.2 Å². The number of hydrogen-bond donors (Lipinski definition) is 1. The van der Waals surface area contributed by atoms with E-state index in [1.165, 1.54) is 12.1 Å². The molecule has 2 heterocycles. The van der Waals surface area contributed by atoms with Crippen molar-refractivity contribution in [1.29, 1.82) is 0 Å². The summed E-state index contributed by atoms with van der Waals surface area (Å²) >= 11 is 0. The SMILES string of the molecule is O=C(NCc1ccc(C(F)(F)F)cc1)c1nc(-c2ccccc2)n2c1COCC2. The van der Waals surface area contributed by atoms with Gasteiger partial charge in [-0.1, -0.05) is 42.5 Å². The Bertz CT molecular complexity index is 1010. The van der Waals surface area contributed by atoms with Gasteiger partial charge in [-0.05, 0) is 17.7 Å². The molecule has 29 heavy (non-hydrogen) atoms. The number of aromatic nitrogens is 2. The molecule has 0 spiro atoms. The number of carbonyl (C=O) groups excluding carboxylic acids is 1. The van der Waals surface area contributed by atoms with Crippen molar-refractivity contribution in [3.05, 3.63) is 77.1 Å². The Morgan fingerprint density at radius 3 is 2.52 bits per heavy atom. The zero-order valence-corrected chi connectivity index (χ0v) is 15.4. The lowest BCUT2D eigenvalue weighted by molar-refractivity contribution is -0.137. The molecule has 3 aromatic rings. The van der Waals surface area contributed by atoms with E-state index in [1.54, 1.807) is 0 Å². The van der Waals surface area contributed by atoms with Crippen molar-refractivity contribution in [1.82, 2.24) is 14.9 Å². The van der Waals surface area contributed by atoms with Crippen molar-refractivity contribution >= 4 is 5.91 Å². The molecule has 150 valence electrons. The number of benzene rings is 2. The van der Waals surface area contributed by atoms with Crippen molar-refractivity contribution in [3.63, 3.8) is 0 Å². The van der Waals surface area contributed by atoms with Crippen molar-refractivity contribution in [2.75, 3.05) is 6.61 Å². The first kappa shape index (κ1) is 19.2. The van der Waals surface area contributed by atoms with Crippen LogP contribution in [0, 0.1) is 0 Å². The van der Waals surface area contributed by atoms with E-state index in [-0.39, 0.29) is 24.8 Å². The molecule has 0 saturated heterocycles. The molecule has 4 rings (SSSR count).